The van der Waals surface area contributed by atoms with Crippen LogP contribution in [-0.2, 0) is 6.42 Å². The van der Waals surface area contributed by atoms with Crippen molar-refractivity contribution in [2.24, 2.45) is 11.5 Å². The number of rotatable bonds is 2. The van der Waals surface area contributed by atoms with Crippen LogP contribution in [0.4, 0.5) is 8.78 Å². The first-order valence-corrected chi connectivity index (χ1v) is 4.04. The van der Waals surface area contributed by atoms with Crippen molar-refractivity contribution in [2.45, 2.75) is 6.42 Å². The highest BCUT2D eigenvalue weighted by atomic mass is 19.2. The quantitative estimate of drug-likeness (QED) is 0.761. The van der Waals surface area contributed by atoms with Crippen molar-refractivity contribution in [1.82, 2.24) is 0 Å². The molecule has 0 saturated carbocycles. The summed E-state index contributed by atoms with van der Waals surface area (Å²) in [5.74, 6) is -1.70. The van der Waals surface area contributed by atoms with E-state index < -0.39 is 11.6 Å². The summed E-state index contributed by atoms with van der Waals surface area (Å²) < 4.78 is 25.0. The molecular formula is C10H14F2N2. The molecule has 0 radical (unpaired) electrons. The number of benzene rings is 1. The van der Waals surface area contributed by atoms with Gasteiger partial charge in [-0.3, -0.25) is 0 Å². The minimum atomic E-state index is -0.853. The van der Waals surface area contributed by atoms with Gasteiger partial charge in [0.15, 0.2) is 11.6 Å². The average Bonchev–Trinajstić information content (AvgIpc) is 2.14. The molecule has 14 heavy (non-hydrogen) atoms. The summed E-state index contributed by atoms with van der Waals surface area (Å²) in [6.45, 7) is 3.46. The van der Waals surface area contributed by atoms with Gasteiger partial charge in [-0.25, -0.2) is 8.78 Å². The Labute approximate surface area is 82.2 Å². The molecule has 0 amide bonds. The maximum atomic E-state index is 12.6. The van der Waals surface area contributed by atoms with Gasteiger partial charge in [-0.15, -0.1) is 0 Å². The van der Waals surface area contributed by atoms with Gasteiger partial charge in [0.05, 0.1) is 0 Å². The van der Waals surface area contributed by atoms with Crippen molar-refractivity contribution in [3.05, 3.63) is 47.7 Å². The Bertz CT molecular complexity index is 311. The SMILES string of the molecule is C=C(N)Cc1ccc(F)c(F)c1.CN. The van der Waals surface area contributed by atoms with Crippen molar-refractivity contribution < 1.29 is 8.78 Å². The first-order valence-electron chi connectivity index (χ1n) is 4.04. The molecule has 0 aliphatic heterocycles. The Morgan fingerprint density at radius 1 is 1.29 bits per heavy atom. The van der Waals surface area contributed by atoms with Crippen molar-refractivity contribution in [3.63, 3.8) is 0 Å². The van der Waals surface area contributed by atoms with E-state index in [1.54, 1.807) is 0 Å². The third kappa shape index (κ3) is 4.00. The Morgan fingerprint density at radius 2 is 1.86 bits per heavy atom. The Kier molecular flexibility index (Phi) is 5.48. The van der Waals surface area contributed by atoms with Gasteiger partial charge in [-0.1, -0.05) is 12.6 Å². The van der Waals surface area contributed by atoms with Gasteiger partial charge in [0, 0.05) is 12.1 Å². The smallest absolute Gasteiger partial charge is 0.159 e. The second-order valence-electron chi connectivity index (χ2n) is 2.58. The minimum absolute atomic E-state index is 0.372. The largest absolute Gasteiger partial charge is 0.402 e. The molecule has 0 aliphatic rings. The lowest BCUT2D eigenvalue weighted by Crippen LogP contribution is -1.99. The summed E-state index contributed by atoms with van der Waals surface area (Å²) in [5, 5.41) is 0. The van der Waals surface area contributed by atoms with Gasteiger partial charge in [-0.05, 0) is 24.7 Å². The lowest BCUT2D eigenvalue weighted by molar-refractivity contribution is 0.507. The molecule has 0 unspecified atom stereocenters. The summed E-state index contributed by atoms with van der Waals surface area (Å²) >= 11 is 0. The van der Waals surface area contributed by atoms with Gasteiger partial charge in [0.1, 0.15) is 0 Å². The summed E-state index contributed by atoms with van der Waals surface area (Å²) in [6.07, 6.45) is 0.372. The van der Waals surface area contributed by atoms with Gasteiger partial charge < -0.3 is 11.5 Å². The maximum absolute atomic E-state index is 12.6. The van der Waals surface area contributed by atoms with Crippen molar-refractivity contribution in [2.75, 3.05) is 7.05 Å². The van der Waals surface area contributed by atoms with Gasteiger partial charge in [0.25, 0.3) is 0 Å². The molecule has 1 rings (SSSR count). The number of nitrogens with two attached hydrogens (primary N) is 2. The number of halogens is 2. The van der Waals surface area contributed by atoms with E-state index >= 15 is 0 Å². The van der Waals surface area contributed by atoms with E-state index in [4.69, 9.17) is 5.73 Å². The molecule has 0 atom stereocenters. The summed E-state index contributed by atoms with van der Waals surface area (Å²) in [6, 6.07) is 3.68. The zero-order chi connectivity index (χ0) is 11.1. The molecule has 1 aromatic rings. The van der Waals surface area contributed by atoms with Crippen LogP contribution < -0.4 is 11.5 Å². The lowest BCUT2D eigenvalue weighted by atomic mass is 10.1. The molecule has 4 N–H and O–H groups in total. The predicted molar refractivity (Wildman–Crippen MR) is 53.5 cm³/mol. The minimum Gasteiger partial charge on any atom is -0.402 e. The molecular weight excluding hydrogens is 186 g/mol. The van der Waals surface area contributed by atoms with Crippen molar-refractivity contribution >= 4 is 0 Å². The second kappa shape index (κ2) is 6.10. The van der Waals surface area contributed by atoms with Crippen LogP contribution in [0, 0.1) is 11.6 Å². The standard InChI is InChI=1S/C9H9F2N.CH5N/c1-6(12)4-7-2-3-8(10)9(11)5-7;1-2/h2-3,5H,1,4,12H2;2H2,1H3. The Balaban J connectivity index is 0.000000791. The third-order valence-electron chi connectivity index (χ3n) is 1.42. The van der Waals surface area contributed by atoms with E-state index in [0.29, 0.717) is 17.7 Å². The fourth-order valence-electron chi connectivity index (χ4n) is 0.912. The molecule has 0 aliphatic carbocycles. The highest BCUT2D eigenvalue weighted by Crippen LogP contribution is 2.10. The van der Waals surface area contributed by atoms with Gasteiger partial charge in [-0.2, -0.15) is 0 Å². The zero-order valence-corrected chi connectivity index (χ0v) is 8.06. The zero-order valence-electron chi connectivity index (χ0n) is 8.06. The third-order valence-corrected chi connectivity index (χ3v) is 1.42. The summed E-state index contributed by atoms with van der Waals surface area (Å²) in [5.41, 5.74) is 10.9. The van der Waals surface area contributed by atoms with Crippen LogP contribution in [0.3, 0.4) is 0 Å². The highest BCUT2D eigenvalue weighted by Gasteiger charge is 2.01. The van der Waals surface area contributed by atoms with Gasteiger partial charge >= 0.3 is 0 Å². The molecule has 4 heteroatoms. The van der Waals surface area contributed by atoms with E-state index in [0.717, 1.165) is 12.1 Å². The number of hydrogen-bond donors (Lipinski definition) is 2. The molecule has 0 saturated heterocycles. The summed E-state index contributed by atoms with van der Waals surface area (Å²) in [4.78, 5) is 0. The molecule has 1 aromatic carbocycles. The molecule has 0 spiro atoms. The molecule has 2 nitrogen and oxygen atoms in total. The molecule has 0 bridgehead atoms. The first-order chi connectivity index (χ1) is 6.59. The normalized spacial score (nSPS) is 8.86. The van der Waals surface area contributed by atoms with Crippen LogP contribution in [0.15, 0.2) is 30.5 Å². The van der Waals surface area contributed by atoms with E-state index in [2.05, 4.69) is 12.3 Å². The first kappa shape index (κ1) is 12.6. The molecule has 78 valence electrons. The van der Waals surface area contributed by atoms with E-state index in [9.17, 15) is 8.78 Å². The van der Waals surface area contributed by atoms with Crippen LogP contribution in [0.2, 0.25) is 0 Å². The fourth-order valence-corrected chi connectivity index (χ4v) is 0.912. The van der Waals surface area contributed by atoms with Crippen LogP contribution in [0.1, 0.15) is 5.56 Å². The Hall–Kier alpha value is -1.42. The van der Waals surface area contributed by atoms with Crippen LogP contribution in [-0.4, -0.2) is 7.05 Å². The number of allylic oxidation sites excluding steroid dienone is 1. The maximum Gasteiger partial charge on any atom is 0.159 e. The lowest BCUT2D eigenvalue weighted by Gasteiger charge is -2.00. The highest BCUT2D eigenvalue weighted by molar-refractivity contribution is 5.21. The molecule has 0 heterocycles. The van der Waals surface area contributed by atoms with E-state index in [-0.39, 0.29) is 0 Å². The molecule has 0 aromatic heterocycles. The summed E-state index contributed by atoms with van der Waals surface area (Å²) in [7, 11) is 1.50. The number of hydrogen-bond acceptors (Lipinski definition) is 2. The van der Waals surface area contributed by atoms with Crippen LogP contribution >= 0.6 is 0 Å². The van der Waals surface area contributed by atoms with Crippen molar-refractivity contribution in [3.8, 4) is 0 Å². The van der Waals surface area contributed by atoms with E-state index in [1.165, 1.54) is 13.1 Å². The van der Waals surface area contributed by atoms with E-state index in [1.807, 2.05) is 0 Å². The predicted octanol–water partition coefficient (Wildman–Crippen LogP) is 1.55. The topological polar surface area (TPSA) is 52.0 Å². The van der Waals surface area contributed by atoms with Crippen LogP contribution in [0.25, 0.3) is 0 Å². The van der Waals surface area contributed by atoms with Gasteiger partial charge in [0.2, 0.25) is 0 Å². The monoisotopic (exact) mass is 200 g/mol. The van der Waals surface area contributed by atoms with Crippen LogP contribution in [0.5, 0.6) is 0 Å². The Morgan fingerprint density at radius 3 is 2.29 bits per heavy atom. The molecule has 0 fully saturated rings. The average molecular weight is 200 g/mol. The second-order valence-corrected chi connectivity index (χ2v) is 2.58. The fraction of sp³-hybridized carbons (Fsp3) is 0.200. The van der Waals surface area contributed by atoms with Crippen molar-refractivity contribution in [1.29, 1.82) is 0 Å².